The second kappa shape index (κ2) is 6.41. The van der Waals surface area contributed by atoms with E-state index in [9.17, 15) is 19.7 Å². The average molecular weight is 333 g/mol. The predicted molar refractivity (Wildman–Crippen MR) is 80.8 cm³/mol. The second-order valence-corrected chi connectivity index (χ2v) is 6.23. The third-order valence-corrected chi connectivity index (χ3v) is 3.34. The predicted octanol–water partition coefficient (Wildman–Crippen LogP) is 3.41. The Kier molecular flexibility index (Phi) is 5.31. The van der Waals surface area contributed by atoms with Crippen LogP contribution in [-0.4, -0.2) is 22.0 Å². The molecule has 1 amide bonds. The van der Waals surface area contributed by atoms with Gasteiger partial charge in [0.05, 0.1) is 15.6 Å². The van der Waals surface area contributed by atoms with Gasteiger partial charge < -0.3 is 5.32 Å². The van der Waals surface area contributed by atoms with Gasteiger partial charge in [-0.25, -0.2) is 0 Å². The zero-order chi connectivity index (χ0) is 16.4. The Morgan fingerprint density at radius 1 is 1.33 bits per heavy atom. The first-order valence-corrected chi connectivity index (χ1v) is 6.78. The maximum absolute atomic E-state index is 11.9. The minimum Gasteiger partial charge on any atom is -0.323 e. The van der Waals surface area contributed by atoms with Gasteiger partial charge in [-0.15, -0.1) is 11.6 Å². The van der Waals surface area contributed by atoms with Gasteiger partial charge in [0.1, 0.15) is 0 Å². The first kappa shape index (κ1) is 17.4. The summed E-state index contributed by atoms with van der Waals surface area (Å²) in [5, 5.41) is 11.7. The molecule has 6 nitrogen and oxygen atoms in total. The van der Waals surface area contributed by atoms with Gasteiger partial charge in [0, 0.05) is 17.5 Å². The van der Waals surface area contributed by atoms with Crippen molar-refractivity contribution >= 4 is 46.3 Å². The molecule has 1 N–H and O–H groups in total. The molecule has 0 aliphatic rings. The lowest BCUT2D eigenvalue weighted by atomic mass is 9.88. The van der Waals surface area contributed by atoms with Crippen LogP contribution in [0.25, 0.3) is 0 Å². The van der Waals surface area contributed by atoms with E-state index in [1.165, 1.54) is 12.1 Å². The van der Waals surface area contributed by atoms with E-state index in [4.69, 9.17) is 23.2 Å². The fourth-order valence-corrected chi connectivity index (χ4v) is 1.96. The van der Waals surface area contributed by atoms with Crippen LogP contribution in [0.5, 0.6) is 0 Å². The van der Waals surface area contributed by atoms with Gasteiger partial charge in [0.2, 0.25) is 5.91 Å². The molecule has 1 aromatic carbocycles. The fraction of sp³-hybridized carbons (Fsp3) is 0.385. The number of amides is 1. The summed E-state index contributed by atoms with van der Waals surface area (Å²) in [6.07, 6.45) is 0. The molecule has 0 spiro atoms. The number of hydrogen-bond donors (Lipinski definition) is 1. The van der Waals surface area contributed by atoms with Crippen LogP contribution < -0.4 is 5.32 Å². The van der Waals surface area contributed by atoms with E-state index in [0.717, 1.165) is 6.07 Å². The third-order valence-electron chi connectivity index (χ3n) is 2.62. The van der Waals surface area contributed by atoms with Crippen molar-refractivity contribution < 1.29 is 14.5 Å². The largest absolute Gasteiger partial charge is 0.323 e. The smallest absolute Gasteiger partial charge is 0.271 e. The highest BCUT2D eigenvalue weighted by molar-refractivity contribution is 6.44. The number of rotatable bonds is 4. The molecule has 1 atom stereocenters. The van der Waals surface area contributed by atoms with Gasteiger partial charge in [-0.1, -0.05) is 32.4 Å². The van der Waals surface area contributed by atoms with Crippen LogP contribution in [0.1, 0.15) is 20.8 Å². The zero-order valence-corrected chi connectivity index (χ0v) is 13.2. The SMILES string of the molecule is CC(C)(C)C(=O)C(Cl)C(=O)Nc1cc([N+](=O)[O-])ccc1Cl. The van der Waals surface area contributed by atoms with Crippen LogP contribution in [-0.2, 0) is 9.59 Å². The number of alkyl halides is 1. The van der Waals surface area contributed by atoms with Crippen molar-refractivity contribution in [2.24, 2.45) is 5.41 Å². The summed E-state index contributed by atoms with van der Waals surface area (Å²) in [6.45, 7) is 4.91. The van der Waals surface area contributed by atoms with E-state index < -0.39 is 27.4 Å². The highest BCUT2D eigenvalue weighted by Crippen LogP contribution is 2.28. The fourth-order valence-electron chi connectivity index (χ4n) is 1.42. The summed E-state index contributed by atoms with van der Waals surface area (Å²) in [5.74, 6) is -1.23. The quantitative estimate of drug-likeness (QED) is 0.396. The molecule has 0 radical (unpaired) electrons. The normalized spacial score (nSPS) is 12.6. The first-order chi connectivity index (χ1) is 9.54. The third kappa shape index (κ3) is 4.41. The average Bonchev–Trinajstić information content (AvgIpc) is 2.38. The molecule has 1 aromatic rings. The Balaban J connectivity index is 2.96. The number of hydrogen-bond acceptors (Lipinski definition) is 4. The van der Waals surface area contributed by atoms with Crippen LogP contribution in [0, 0.1) is 15.5 Å². The van der Waals surface area contributed by atoms with Crippen molar-refractivity contribution in [2.75, 3.05) is 5.32 Å². The molecule has 0 fully saturated rings. The number of carbonyl (C=O) groups excluding carboxylic acids is 2. The summed E-state index contributed by atoms with van der Waals surface area (Å²) >= 11 is 11.7. The van der Waals surface area contributed by atoms with Crippen LogP contribution in [0.2, 0.25) is 5.02 Å². The number of Topliss-reactive ketones (excluding diaryl/α,β-unsaturated/α-hetero) is 1. The molecule has 114 valence electrons. The van der Waals surface area contributed by atoms with Crippen molar-refractivity contribution in [3.05, 3.63) is 33.3 Å². The van der Waals surface area contributed by atoms with Crippen molar-refractivity contribution in [1.82, 2.24) is 0 Å². The molecule has 0 saturated heterocycles. The summed E-state index contributed by atoms with van der Waals surface area (Å²) < 4.78 is 0. The number of carbonyl (C=O) groups is 2. The Morgan fingerprint density at radius 2 is 1.90 bits per heavy atom. The number of nitro benzene ring substituents is 1. The minimum atomic E-state index is -1.40. The lowest BCUT2D eigenvalue weighted by Gasteiger charge is -2.20. The van der Waals surface area contributed by atoms with E-state index in [1.54, 1.807) is 20.8 Å². The maximum atomic E-state index is 11.9. The van der Waals surface area contributed by atoms with E-state index in [1.807, 2.05) is 0 Å². The van der Waals surface area contributed by atoms with Gasteiger partial charge in [-0.2, -0.15) is 0 Å². The van der Waals surface area contributed by atoms with Crippen LogP contribution in [0.4, 0.5) is 11.4 Å². The van der Waals surface area contributed by atoms with Gasteiger partial charge in [-0.3, -0.25) is 19.7 Å². The molecule has 0 aromatic heterocycles. The van der Waals surface area contributed by atoms with Crippen molar-refractivity contribution in [1.29, 1.82) is 0 Å². The number of non-ortho nitro benzene ring substituents is 1. The summed E-state index contributed by atoms with van der Waals surface area (Å²) in [7, 11) is 0. The molecule has 0 saturated carbocycles. The van der Waals surface area contributed by atoms with Crippen LogP contribution in [0.15, 0.2) is 18.2 Å². The number of benzene rings is 1. The highest BCUT2D eigenvalue weighted by atomic mass is 35.5. The maximum Gasteiger partial charge on any atom is 0.271 e. The molecule has 0 aliphatic heterocycles. The Hall–Kier alpha value is -1.66. The van der Waals surface area contributed by atoms with Crippen molar-refractivity contribution in [3.8, 4) is 0 Å². The lowest BCUT2D eigenvalue weighted by molar-refractivity contribution is -0.384. The van der Waals surface area contributed by atoms with Crippen LogP contribution >= 0.6 is 23.2 Å². The van der Waals surface area contributed by atoms with Gasteiger partial charge >= 0.3 is 0 Å². The Morgan fingerprint density at radius 3 is 2.38 bits per heavy atom. The number of nitrogens with zero attached hydrogens (tertiary/aromatic N) is 1. The molecular formula is C13H14Cl2N2O4. The molecule has 0 bridgehead atoms. The van der Waals surface area contributed by atoms with Crippen molar-refractivity contribution in [3.63, 3.8) is 0 Å². The Bertz CT molecular complexity index is 596. The Labute approximate surface area is 131 Å². The minimum absolute atomic E-state index is 0.0308. The van der Waals surface area contributed by atoms with Gasteiger partial charge in [0.25, 0.3) is 5.69 Å². The molecule has 1 rings (SSSR count). The van der Waals surface area contributed by atoms with E-state index in [0.29, 0.717) is 0 Å². The van der Waals surface area contributed by atoms with Crippen LogP contribution in [0.3, 0.4) is 0 Å². The number of halogens is 2. The molecule has 21 heavy (non-hydrogen) atoms. The van der Waals surface area contributed by atoms with Gasteiger partial charge in [0.15, 0.2) is 11.2 Å². The van der Waals surface area contributed by atoms with E-state index in [2.05, 4.69) is 5.32 Å². The lowest BCUT2D eigenvalue weighted by Crippen LogP contribution is -2.37. The number of ketones is 1. The summed E-state index contributed by atoms with van der Waals surface area (Å²) in [6, 6.07) is 3.59. The monoisotopic (exact) mass is 332 g/mol. The first-order valence-electron chi connectivity index (χ1n) is 5.97. The van der Waals surface area contributed by atoms with E-state index >= 15 is 0 Å². The molecule has 8 heteroatoms. The number of nitro groups is 1. The zero-order valence-electron chi connectivity index (χ0n) is 11.6. The van der Waals surface area contributed by atoms with E-state index in [-0.39, 0.29) is 16.4 Å². The molecule has 0 heterocycles. The number of anilines is 1. The highest BCUT2D eigenvalue weighted by Gasteiger charge is 2.33. The standard InChI is InChI=1S/C13H14Cl2N2O4/c1-13(2,3)11(18)10(15)12(19)16-9-6-7(17(20)21)4-5-8(9)14/h4-6,10H,1-3H3,(H,16,19). The topological polar surface area (TPSA) is 89.3 Å². The second-order valence-electron chi connectivity index (χ2n) is 5.39. The molecular weight excluding hydrogens is 319 g/mol. The number of nitrogens with one attached hydrogen (secondary N) is 1. The van der Waals surface area contributed by atoms with Crippen molar-refractivity contribution in [2.45, 2.75) is 26.1 Å². The van der Waals surface area contributed by atoms with Gasteiger partial charge in [-0.05, 0) is 6.07 Å². The summed E-state index contributed by atoms with van der Waals surface area (Å²) in [4.78, 5) is 33.9. The summed E-state index contributed by atoms with van der Waals surface area (Å²) in [5.41, 5.74) is -0.984. The molecule has 0 aliphatic carbocycles. The molecule has 1 unspecified atom stereocenters.